The molecule has 66 valence electrons. The van der Waals surface area contributed by atoms with Gasteiger partial charge in [-0.2, -0.15) is 0 Å². The average Bonchev–Trinajstić information content (AvgIpc) is 2.61. The van der Waals surface area contributed by atoms with Crippen molar-refractivity contribution in [3.05, 3.63) is 0 Å². The lowest BCUT2D eigenvalue weighted by Gasteiger charge is -2.27. The molecule has 0 aliphatic carbocycles. The Labute approximate surface area is 68.9 Å². The largest absolute Gasteiger partial charge is 0.465 e. The summed E-state index contributed by atoms with van der Waals surface area (Å²) in [5.74, 6) is 0. The van der Waals surface area contributed by atoms with Gasteiger partial charge in [-0.25, -0.2) is 4.79 Å². The first-order valence-electron chi connectivity index (χ1n) is 3.77. The van der Waals surface area contributed by atoms with Crippen LogP contribution in [0.2, 0.25) is 0 Å². The number of nitrogens with zero attached hydrogens (tertiary/aromatic N) is 1. The minimum atomic E-state index is -0.966. The lowest BCUT2D eigenvalue weighted by Crippen LogP contribution is -2.45. The number of carbonyl (C=O) groups is 2. The topological polar surface area (TPSA) is 66.8 Å². The van der Waals surface area contributed by atoms with E-state index < -0.39 is 11.7 Å². The second kappa shape index (κ2) is 2.20. The maximum absolute atomic E-state index is 10.6. The molecule has 2 fully saturated rings. The summed E-state index contributed by atoms with van der Waals surface area (Å²) in [5.41, 5.74) is -0.830. The number of amides is 1. The van der Waals surface area contributed by atoms with E-state index in [9.17, 15) is 9.59 Å². The number of ether oxygens (including phenoxy) is 1. The van der Waals surface area contributed by atoms with E-state index in [1.54, 1.807) is 0 Å². The number of rotatable bonds is 1. The van der Waals surface area contributed by atoms with Crippen molar-refractivity contribution in [1.82, 2.24) is 4.90 Å². The first-order valence-corrected chi connectivity index (χ1v) is 3.77. The molecule has 0 aromatic heterocycles. The van der Waals surface area contributed by atoms with E-state index in [0.717, 1.165) is 6.29 Å². The summed E-state index contributed by atoms with van der Waals surface area (Å²) < 4.78 is 5.20. The Morgan fingerprint density at radius 2 is 2.50 bits per heavy atom. The zero-order valence-electron chi connectivity index (χ0n) is 6.40. The number of aldehydes is 1. The SMILES string of the molecule is O=C[C@]12C[C@H](CO1)N(C(=O)O)C2. The Morgan fingerprint density at radius 3 is 2.92 bits per heavy atom. The van der Waals surface area contributed by atoms with Crippen molar-refractivity contribution in [1.29, 1.82) is 0 Å². The van der Waals surface area contributed by atoms with Crippen LogP contribution in [0.4, 0.5) is 4.79 Å². The average molecular weight is 171 g/mol. The molecule has 5 heteroatoms. The second-order valence-corrected chi connectivity index (χ2v) is 3.26. The van der Waals surface area contributed by atoms with Gasteiger partial charge in [0.15, 0.2) is 6.29 Å². The molecule has 2 rings (SSSR count). The number of morpholine rings is 1. The number of hydrogen-bond acceptors (Lipinski definition) is 3. The predicted octanol–water partition coefficient (Wildman–Crippen LogP) is -0.293. The Kier molecular flexibility index (Phi) is 1.38. The molecular weight excluding hydrogens is 162 g/mol. The Hall–Kier alpha value is -1.10. The van der Waals surface area contributed by atoms with Crippen LogP contribution in [0, 0.1) is 0 Å². The van der Waals surface area contributed by atoms with E-state index >= 15 is 0 Å². The molecule has 0 aromatic rings. The number of carbonyl (C=O) groups excluding carboxylic acids is 1. The molecule has 2 heterocycles. The molecule has 0 spiro atoms. The third-order valence-electron chi connectivity index (χ3n) is 2.48. The first kappa shape index (κ1) is 7.54. The van der Waals surface area contributed by atoms with Crippen LogP contribution in [0.25, 0.3) is 0 Å². The van der Waals surface area contributed by atoms with Gasteiger partial charge in [0, 0.05) is 6.42 Å². The predicted molar refractivity (Wildman–Crippen MR) is 37.9 cm³/mol. The van der Waals surface area contributed by atoms with Crippen molar-refractivity contribution in [3.63, 3.8) is 0 Å². The van der Waals surface area contributed by atoms with Crippen molar-refractivity contribution in [2.24, 2.45) is 0 Å². The van der Waals surface area contributed by atoms with Crippen LogP contribution in [0.5, 0.6) is 0 Å². The van der Waals surface area contributed by atoms with Crippen LogP contribution in [0.15, 0.2) is 0 Å². The molecule has 0 saturated carbocycles. The molecule has 0 unspecified atom stereocenters. The monoisotopic (exact) mass is 171 g/mol. The first-order chi connectivity index (χ1) is 5.67. The normalized spacial score (nSPS) is 38.7. The van der Waals surface area contributed by atoms with E-state index in [1.165, 1.54) is 4.90 Å². The lowest BCUT2D eigenvalue weighted by atomic mass is 10.1. The van der Waals surface area contributed by atoms with Crippen LogP contribution in [0.1, 0.15) is 6.42 Å². The third kappa shape index (κ3) is 0.828. The van der Waals surface area contributed by atoms with Crippen LogP contribution < -0.4 is 0 Å². The van der Waals surface area contributed by atoms with E-state index in [-0.39, 0.29) is 12.6 Å². The summed E-state index contributed by atoms with van der Waals surface area (Å²) in [6, 6.07) is -0.118. The molecule has 2 aliphatic heterocycles. The molecule has 2 aliphatic rings. The Morgan fingerprint density at radius 1 is 1.75 bits per heavy atom. The van der Waals surface area contributed by atoms with Gasteiger partial charge in [0.2, 0.25) is 0 Å². The van der Waals surface area contributed by atoms with Crippen molar-refractivity contribution in [2.75, 3.05) is 13.2 Å². The summed E-state index contributed by atoms with van der Waals surface area (Å²) in [5, 5.41) is 8.70. The molecule has 0 radical (unpaired) electrons. The minimum absolute atomic E-state index is 0.118. The minimum Gasteiger partial charge on any atom is -0.465 e. The van der Waals surface area contributed by atoms with Crippen molar-refractivity contribution >= 4 is 12.4 Å². The van der Waals surface area contributed by atoms with Gasteiger partial charge in [-0.05, 0) is 0 Å². The third-order valence-corrected chi connectivity index (χ3v) is 2.48. The van der Waals surface area contributed by atoms with Crippen LogP contribution in [-0.4, -0.2) is 47.2 Å². The molecule has 12 heavy (non-hydrogen) atoms. The molecular formula is C7H9NO4. The quantitative estimate of drug-likeness (QED) is 0.550. The summed E-state index contributed by atoms with van der Waals surface area (Å²) in [6.07, 6.45) is 0.269. The van der Waals surface area contributed by atoms with Gasteiger partial charge in [0.05, 0.1) is 19.2 Å². The second-order valence-electron chi connectivity index (χ2n) is 3.26. The van der Waals surface area contributed by atoms with Crippen molar-refractivity contribution < 1.29 is 19.4 Å². The Balaban J connectivity index is 2.19. The van der Waals surface area contributed by atoms with Crippen LogP contribution >= 0.6 is 0 Å². The highest BCUT2D eigenvalue weighted by Gasteiger charge is 2.52. The molecule has 2 bridgehead atoms. The van der Waals surface area contributed by atoms with E-state index in [4.69, 9.17) is 9.84 Å². The summed E-state index contributed by atoms with van der Waals surface area (Å²) in [4.78, 5) is 22.5. The maximum Gasteiger partial charge on any atom is 0.407 e. The molecule has 1 amide bonds. The van der Waals surface area contributed by atoms with Gasteiger partial charge in [-0.15, -0.1) is 0 Å². The molecule has 2 saturated heterocycles. The van der Waals surface area contributed by atoms with Gasteiger partial charge in [-0.1, -0.05) is 0 Å². The van der Waals surface area contributed by atoms with Gasteiger partial charge in [0.1, 0.15) is 5.60 Å². The molecule has 2 atom stereocenters. The summed E-state index contributed by atoms with van der Waals surface area (Å²) in [7, 11) is 0. The molecule has 1 N–H and O–H groups in total. The number of fused-ring (bicyclic) bond motifs is 2. The van der Waals surface area contributed by atoms with Gasteiger partial charge in [0.25, 0.3) is 0 Å². The standard InChI is InChI=1S/C7H9NO4/c9-4-7-1-5(2-12-7)8(3-7)6(10)11/h4-5H,1-3H2,(H,10,11)/t5-,7-/m1/s1. The van der Waals surface area contributed by atoms with Gasteiger partial charge >= 0.3 is 6.09 Å². The molecule has 0 aromatic carbocycles. The van der Waals surface area contributed by atoms with Crippen molar-refractivity contribution in [2.45, 2.75) is 18.1 Å². The zero-order chi connectivity index (χ0) is 8.77. The Bertz CT molecular complexity index is 242. The van der Waals surface area contributed by atoms with E-state index in [1.807, 2.05) is 0 Å². The number of likely N-dealkylation sites (tertiary alicyclic amines) is 1. The van der Waals surface area contributed by atoms with E-state index in [2.05, 4.69) is 0 Å². The van der Waals surface area contributed by atoms with Gasteiger partial charge < -0.3 is 14.6 Å². The maximum atomic E-state index is 10.6. The van der Waals surface area contributed by atoms with Crippen LogP contribution in [0.3, 0.4) is 0 Å². The van der Waals surface area contributed by atoms with E-state index in [0.29, 0.717) is 13.0 Å². The molecule has 5 nitrogen and oxygen atoms in total. The highest BCUT2D eigenvalue weighted by atomic mass is 16.5. The lowest BCUT2D eigenvalue weighted by molar-refractivity contribution is -0.128. The highest BCUT2D eigenvalue weighted by Crippen LogP contribution is 2.35. The van der Waals surface area contributed by atoms with Crippen molar-refractivity contribution in [3.8, 4) is 0 Å². The number of carboxylic acid groups (broad SMARTS) is 1. The zero-order valence-corrected chi connectivity index (χ0v) is 6.40. The number of hydrogen-bond donors (Lipinski definition) is 1. The smallest absolute Gasteiger partial charge is 0.407 e. The highest BCUT2D eigenvalue weighted by molar-refractivity contribution is 5.72. The fraction of sp³-hybridized carbons (Fsp3) is 0.714. The van der Waals surface area contributed by atoms with Gasteiger partial charge in [-0.3, -0.25) is 4.90 Å². The fourth-order valence-electron chi connectivity index (χ4n) is 1.85. The summed E-state index contributed by atoms with van der Waals surface area (Å²) >= 11 is 0. The van der Waals surface area contributed by atoms with Crippen LogP contribution in [-0.2, 0) is 9.53 Å². The fourth-order valence-corrected chi connectivity index (χ4v) is 1.85. The summed E-state index contributed by atoms with van der Waals surface area (Å²) in [6.45, 7) is 0.543.